The van der Waals surface area contributed by atoms with Crippen molar-refractivity contribution in [2.75, 3.05) is 31.1 Å². The van der Waals surface area contributed by atoms with E-state index < -0.39 is 0 Å². The van der Waals surface area contributed by atoms with Crippen LogP contribution >= 0.6 is 0 Å². The van der Waals surface area contributed by atoms with Crippen molar-refractivity contribution in [1.82, 2.24) is 24.2 Å². The second-order valence-corrected chi connectivity index (χ2v) is 9.88. The lowest BCUT2D eigenvalue weighted by Gasteiger charge is -2.43. The number of aromatic nitrogens is 4. The average Bonchev–Trinajstić information content (AvgIpc) is 3.49. The molecule has 35 heavy (non-hydrogen) atoms. The normalized spacial score (nSPS) is 17.6. The second-order valence-electron chi connectivity index (χ2n) is 9.88. The molecule has 7 nitrogen and oxygen atoms in total. The van der Waals surface area contributed by atoms with Gasteiger partial charge in [0.05, 0.1) is 23.0 Å². The summed E-state index contributed by atoms with van der Waals surface area (Å²) in [6.45, 7) is 5.59. The molecule has 174 valence electrons. The standard InChI is InChI=1S/C28H27N7/c29-16-20-2-4-21(5-3-20)22-15-27-28-31-30-19-35(28)26-7-6-25(14-23(26)18-34(27)17-22)33-12-8-24(9-13-33)32-10-1-11-32/h2-7,14-15,17,19,24H,1,8-13,18H2. The molecule has 7 rings (SSSR count). The molecule has 5 heterocycles. The van der Waals surface area contributed by atoms with Gasteiger partial charge < -0.3 is 14.4 Å². The lowest BCUT2D eigenvalue weighted by atomic mass is 9.99. The molecule has 2 aromatic heterocycles. The van der Waals surface area contributed by atoms with Gasteiger partial charge >= 0.3 is 0 Å². The third-order valence-corrected chi connectivity index (χ3v) is 7.92. The highest BCUT2D eigenvalue weighted by atomic mass is 15.3. The fourth-order valence-corrected chi connectivity index (χ4v) is 5.82. The molecule has 3 aliphatic rings. The molecular weight excluding hydrogens is 434 g/mol. The number of benzene rings is 2. The molecule has 3 aliphatic heterocycles. The SMILES string of the molecule is N#Cc1ccc(-c2cc3n(c2)Cc2cc(N4CCC(N5CCC5)CC4)ccc2-n2cnnc2-3)cc1. The van der Waals surface area contributed by atoms with Crippen molar-refractivity contribution in [3.05, 3.63) is 72.2 Å². The van der Waals surface area contributed by atoms with Crippen LogP contribution in [0, 0.1) is 11.3 Å². The summed E-state index contributed by atoms with van der Waals surface area (Å²) in [5.41, 5.74) is 7.66. The summed E-state index contributed by atoms with van der Waals surface area (Å²) in [4.78, 5) is 5.20. The van der Waals surface area contributed by atoms with Crippen LogP contribution in [0.1, 0.15) is 30.4 Å². The van der Waals surface area contributed by atoms with Gasteiger partial charge in [-0.1, -0.05) is 12.1 Å². The fourth-order valence-electron chi connectivity index (χ4n) is 5.82. The smallest absolute Gasteiger partial charge is 0.185 e. The van der Waals surface area contributed by atoms with Gasteiger partial charge in [-0.3, -0.25) is 4.57 Å². The molecule has 0 bridgehead atoms. The second kappa shape index (κ2) is 8.10. The van der Waals surface area contributed by atoms with E-state index in [1.165, 1.54) is 43.6 Å². The summed E-state index contributed by atoms with van der Waals surface area (Å²) in [7, 11) is 0. The highest BCUT2D eigenvalue weighted by Crippen LogP contribution is 2.35. The number of hydrogen-bond donors (Lipinski definition) is 0. The van der Waals surface area contributed by atoms with Crippen LogP contribution in [0.2, 0.25) is 0 Å². The number of nitrogens with zero attached hydrogens (tertiary/aromatic N) is 7. The Morgan fingerprint density at radius 3 is 2.49 bits per heavy atom. The Morgan fingerprint density at radius 2 is 1.74 bits per heavy atom. The molecule has 0 spiro atoms. The van der Waals surface area contributed by atoms with Gasteiger partial charge in [-0.15, -0.1) is 10.2 Å². The molecule has 4 aromatic rings. The van der Waals surface area contributed by atoms with E-state index in [0.717, 1.165) is 54.0 Å². The van der Waals surface area contributed by atoms with E-state index in [0.29, 0.717) is 5.56 Å². The van der Waals surface area contributed by atoms with E-state index in [1.54, 1.807) is 0 Å². The molecule has 2 saturated heterocycles. The van der Waals surface area contributed by atoms with Crippen LogP contribution in [0.25, 0.3) is 28.3 Å². The highest BCUT2D eigenvalue weighted by molar-refractivity contribution is 5.72. The van der Waals surface area contributed by atoms with Crippen molar-refractivity contribution in [2.45, 2.75) is 31.8 Å². The van der Waals surface area contributed by atoms with Gasteiger partial charge in [0.25, 0.3) is 0 Å². The molecule has 2 aromatic carbocycles. The Kier molecular flexibility index (Phi) is 4.74. The van der Waals surface area contributed by atoms with E-state index in [1.807, 2.05) is 30.6 Å². The van der Waals surface area contributed by atoms with Crippen molar-refractivity contribution in [3.63, 3.8) is 0 Å². The zero-order valence-corrected chi connectivity index (χ0v) is 19.6. The van der Waals surface area contributed by atoms with E-state index >= 15 is 0 Å². The van der Waals surface area contributed by atoms with Gasteiger partial charge in [-0.05, 0) is 79.9 Å². The Labute approximate surface area is 204 Å². The van der Waals surface area contributed by atoms with Gasteiger partial charge in [-0.25, -0.2) is 0 Å². The summed E-state index contributed by atoms with van der Waals surface area (Å²) in [6.07, 6.45) is 7.88. The average molecular weight is 462 g/mol. The van der Waals surface area contributed by atoms with Crippen LogP contribution in [0.15, 0.2) is 61.1 Å². The molecule has 0 aliphatic carbocycles. The summed E-state index contributed by atoms with van der Waals surface area (Å²) in [5.74, 6) is 0.853. The minimum absolute atomic E-state index is 0.671. The maximum Gasteiger partial charge on any atom is 0.185 e. The number of fused-ring (bicyclic) bond motifs is 5. The number of anilines is 1. The van der Waals surface area contributed by atoms with Crippen LogP contribution in [0.4, 0.5) is 5.69 Å². The first kappa shape index (κ1) is 20.5. The van der Waals surface area contributed by atoms with Crippen LogP contribution in [0.5, 0.6) is 0 Å². The van der Waals surface area contributed by atoms with Crippen LogP contribution < -0.4 is 4.90 Å². The number of piperidine rings is 1. The maximum absolute atomic E-state index is 9.13. The third-order valence-electron chi connectivity index (χ3n) is 7.92. The van der Waals surface area contributed by atoms with Crippen molar-refractivity contribution >= 4 is 5.69 Å². The summed E-state index contributed by atoms with van der Waals surface area (Å²) < 4.78 is 4.39. The molecular formula is C28H27N7. The van der Waals surface area contributed by atoms with E-state index in [2.05, 4.69) is 65.7 Å². The van der Waals surface area contributed by atoms with Gasteiger partial charge in [-0.2, -0.15) is 5.26 Å². The van der Waals surface area contributed by atoms with Gasteiger partial charge in [0, 0.05) is 43.1 Å². The van der Waals surface area contributed by atoms with E-state index in [9.17, 15) is 0 Å². The zero-order chi connectivity index (χ0) is 23.4. The van der Waals surface area contributed by atoms with Crippen LogP contribution in [0.3, 0.4) is 0 Å². The first-order valence-electron chi connectivity index (χ1n) is 12.5. The predicted octanol–water partition coefficient (Wildman–Crippen LogP) is 4.31. The van der Waals surface area contributed by atoms with Gasteiger partial charge in [0.1, 0.15) is 6.33 Å². The van der Waals surface area contributed by atoms with E-state index in [4.69, 9.17) is 5.26 Å². The molecule has 2 fully saturated rings. The molecule has 7 heteroatoms. The summed E-state index contributed by atoms with van der Waals surface area (Å²) in [5, 5.41) is 17.9. The molecule has 0 N–H and O–H groups in total. The quantitative estimate of drug-likeness (QED) is 0.401. The lowest BCUT2D eigenvalue weighted by Crippen LogP contribution is -2.50. The number of likely N-dealkylation sites (tertiary alicyclic amines) is 1. The van der Waals surface area contributed by atoms with Crippen LogP contribution in [-0.4, -0.2) is 56.5 Å². The third kappa shape index (κ3) is 3.44. The molecule has 0 unspecified atom stereocenters. The predicted molar refractivity (Wildman–Crippen MR) is 135 cm³/mol. The fraction of sp³-hybridized carbons (Fsp3) is 0.321. The largest absolute Gasteiger partial charge is 0.371 e. The Hall–Kier alpha value is -3.89. The molecule has 0 radical (unpaired) electrons. The van der Waals surface area contributed by atoms with Gasteiger partial charge in [0.2, 0.25) is 0 Å². The first-order valence-corrected chi connectivity index (χ1v) is 12.5. The van der Waals surface area contributed by atoms with Crippen molar-refractivity contribution in [1.29, 1.82) is 5.26 Å². The van der Waals surface area contributed by atoms with Crippen molar-refractivity contribution in [3.8, 4) is 34.4 Å². The number of rotatable bonds is 3. The summed E-state index contributed by atoms with van der Waals surface area (Å²) in [6, 6.07) is 19.7. The minimum Gasteiger partial charge on any atom is -0.371 e. The maximum atomic E-state index is 9.13. The Balaban J connectivity index is 1.21. The summed E-state index contributed by atoms with van der Waals surface area (Å²) >= 11 is 0. The topological polar surface area (TPSA) is 65.9 Å². The zero-order valence-electron chi connectivity index (χ0n) is 19.6. The molecule has 0 amide bonds. The van der Waals surface area contributed by atoms with Crippen molar-refractivity contribution < 1.29 is 0 Å². The number of hydrogen-bond acceptors (Lipinski definition) is 5. The van der Waals surface area contributed by atoms with E-state index in [-0.39, 0.29) is 0 Å². The first-order chi connectivity index (χ1) is 17.3. The number of nitriles is 1. The van der Waals surface area contributed by atoms with Gasteiger partial charge in [0.15, 0.2) is 5.82 Å². The van der Waals surface area contributed by atoms with Crippen LogP contribution in [-0.2, 0) is 6.54 Å². The minimum atomic E-state index is 0.671. The Morgan fingerprint density at radius 1 is 0.914 bits per heavy atom. The molecule has 0 atom stereocenters. The highest BCUT2D eigenvalue weighted by Gasteiger charge is 2.28. The lowest BCUT2D eigenvalue weighted by molar-refractivity contribution is 0.100. The molecule has 0 saturated carbocycles. The monoisotopic (exact) mass is 461 g/mol. The van der Waals surface area contributed by atoms with Crippen molar-refractivity contribution in [2.24, 2.45) is 0 Å². The Bertz CT molecular complexity index is 1430.